The Morgan fingerprint density at radius 3 is 2.57 bits per heavy atom. The first-order valence-corrected chi connectivity index (χ1v) is 9.44. The Bertz CT molecular complexity index is 727. The van der Waals surface area contributed by atoms with Crippen LogP contribution in [0.1, 0.15) is 51.5 Å². The third kappa shape index (κ3) is 6.40. The molecule has 0 heterocycles. The standard InChI is InChI=1S/C21H27NO6/c1-3-18(23)27-14-15-7-9-16(10-8-15)22-20(26)28-17-6-4-5-12-21(2,13-11-17)19(24)25/h4,6-10,17H,3,5,11-14H2,1-2H3,(H,22,26)(H,24,25)/b6-4+/t17-,21+/m1/s1. The molecule has 2 N–H and O–H groups in total. The van der Waals surface area contributed by atoms with E-state index in [4.69, 9.17) is 9.47 Å². The maximum Gasteiger partial charge on any atom is 0.412 e. The summed E-state index contributed by atoms with van der Waals surface area (Å²) in [5, 5.41) is 12.1. The van der Waals surface area contributed by atoms with E-state index in [1.807, 2.05) is 12.2 Å². The molecule has 1 aliphatic rings. The van der Waals surface area contributed by atoms with Crippen molar-refractivity contribution in [3.05, 3.63) is 42.0 Å². The van der Waals surface area contributed by atoms with Crippen LogP contribution in [-0.4, -0.2) is 29.2 Å². The second-order valence-electron chi connectivity index (χ2n) is 7.15. The third-order valence-corrected chi connectivity index (χ3v) is 4.86. The molecule has 0 spiro atoms. The molecule has 1 aromatic carbocycles. The number of allylic oxidation sites excluding steroid dienone is 1. The highest BCUT2D eigenvalue weighted by atomic mass is 16.6. The number of carbonyl (C=O) groups excluding carboxylic acids is 2. The van der Waals surface area contributed by atoms with Crippen LogP contribution in [0.2, 0.25) is 0 Å². The summed E-state index contributed by atoms with van der Waals surface area (Å²) in [7, 11) is 0. The second-order valence-corrected chi connectivity index (χ2v) is 7.15. The normalized spacial score (nSPS) is 23.0. The number of aliphatic carboxylic acids is 1. The minimum absolute atomic E-state index is 0.187. The Morgan fingerprint density at radius 2 is 1.93 bits per heavy atom. The second kappa shape index (κ2) is 9.92. The maximum absolute atomic E-state index is 12.2. The van der Waals surface area contributed by atoms with E-state index in [0.717, 1.165) is 5.56 Å². The first-order valence-electron chi connectivity index (χ1n) is 9.44. The van der Waals surface area contributed by atoms with Gasteiger partial charge in [0.2, 0.25) is 0 Å². The van der Waals surface area contributed by atoms with Gasteiger partial charge in [0, 0.05) is 12.1 Å². The Morgan fingerprint density at radius 1 is 1.21 bits per heavy atom. The molecule has 0 fully saturated rings. The van der Waals surface area contributed by atoms with Crippen LogP contribution in [0.3, 0.4) is 0 Å². The van der Waals surface area contributed by atoms with Crippen molar-refractivity contribution in [2.75, 3.05) is 5.32 Å². The lowest BCUT2D eigenvalue weighted by molar-refractivity contribution is -0.149. The van der Waals surface area contributed by atoms with Crippen molar-refractivity contribution in [2.45, 2.75) is 58.7 Å². The Kier molecular flexibility index (Phi) is 7.61. The molecule has 152 valence electrons. The average Bonchev–Trinajstić information content (AvgIpc) is 2.66. The summed E-state index contributed by atoms with van der Waals surface area (Å²) in [5.41, 5.74) is 0.567. The molecule has 0 saturated heterocycles. The van der Waals surface area contributed by atoms with Crippen molar-refractivity contribution in [2.24, 2.45) is 5.41 Å². The number of carboxylic acid groups (broad SMARTS) is 1. The maximum atomic E-state index is 12.2. The number of carbonyl (C=O) groups is 3. The summed E-state index contributed by atoms with van der Waals surface area (Å²) >= 11 is 0. The van der Waals surface area contributed by atoms with Gasteiger partial charge in [-0.2, -0.15) is 0 Å². The van der Waals surface area contributed by atoms with Crippen LogP contribution in [0.15, 0.2) is 36.4 Å². The molecule has 7 heteroatoms. The Labute approximate surface area is 164 Å². The Hall–Kier alpha value is -2.83. The van der Waals surface area contributed by atoms with Gasteiger partial charge in [-0.25, -0.2) is 4.79 Å². The number of esters is 1. The number of ether oxygens (including phenoxy) is 2. The summed E-state index contributed by atoms with van der Waals surface area (Å²) in [6.07, 6.45) is 5.03. The zero-order valence-corrected chi connectivity index (χ0v) is 16.3. The molecule has 1 aromatic rings. The van der Waals surface area contributed by atoms with Crippen LogP contribution in [0, 0.1) is 5.41 Å². The Balaban J connectivity index is 1.86. The summed E-state index contributed by atoms with van der Waals surface area (Å²) < 4.78 is 10.5. The van der Waals surface area contributed by atoms with Crippen molar-refractivity contribution in [3.63, 3.8) is 0 Å². The van der Waals surface area contributed by atoms with Crippen molar-refractivity contribution < 1.29 is 29.0 Å². The number of hydrogen-bond acceptors (Lipinski definition) is 5. The van der Waals surface area contributed by atoms with Gasteiger partial charge < -0.3 is 14.6 Å². The third-order valence-electron chi connectivity index (χ3n) is 4.86. The van der Waals surface area contributed by atoms with Crippen molar-refractivity contribution in [3.8, 4) is 0 Å². The lowest BCUT2D eigenvalue weighted by Crippen LogP contribution is -2.31. The number of rotatable bonds is 6. The largest absolute Gasteiger partial charge is 0.481 e. The van der Waals surface area contributed by atoms with E-state index in [0.29, 0.717) is 37.8 Å². The lowest BCUT2D eigenvalue weighted by atomic mass is 9.79. The quantitative estimate of drug-likeness (QED) is 0.556. The fourth-order valence-corrected chi connectivity index (χ4v) is 2.88. The first-order chi connectivity index (χ1) is 13.3. The van der Waals surface area contributed by atoms with E-state index >= 15 is 0 Å². The van der Waals surface area contributed by atoms with Crippen molar-refractivity contribution >= 4 is 23.7 Å². The van der Waals surface area contributed by atoms with Gasteiger partial charge >= 0.3 is 18.0 Å². The van der Waals surface area contributed by atoms with Crippen LogP contribution in [-0.2, 0) is 25.7 Å². The van der Waals surface area contributed by atoms with Gasteiger partial charge in [-0.05, 0) is 56.4 Å². The molecule has 1 aliphatic carbocycles. The van der Waals surface area contributed by atoms with Crippen LogP contribution < -0.4 is 5.32 Å². The van der Waals surface area contributed by atoms with E-state index in [2.05, 4.69) is 5.32 Å². The molecule has 0 saturated carbocycles. The number of hydrogen-bond donors (Lipinski definition) is 2. The van der Waals surface area contributed by atoms with Gasteiger partial charge in [-0.3, -0.25) is 14.9 Å². The predicted octanol–water partition coefficient (Wildman–Crippen LogP) is 4.28. The first kappa shape index (κ1) is 21.5. The minimum atomic E-state index is -0.823. The van der Waals surface area contributed by atoms with Crippen LogP contribution >= 0.6 is 0 Å². The van der Waals surface area contributed by atoms with Gasteiger partial charge in [0.15, 0.2) is 0 Å². The number of amides is 1. The molecule has 1 amide bonds. The van der Waals surface area contributed by atoms with Gasteiger partial charge in [-0.1, -0.05) is 25.1 Å². The molecule has 7 nitrogen and oxygen atoms in total. The molecular weight excluding hydrogens is 362 g/mol. The highest BCUT2D eigenvalue weighted by molar-refractivity contribution is 5.84. The zero-order valence-electron chi connectivity index (χ0n) is 16.3. The molecule has 0 radical (unpaired) electrons. The smallest absolute Gasteiger partial charge is 0.412 e. The van der Waals surface area contributed by atoms with Crippen LogP contribution in [0.4, 0.5) is 10.5 Å². The number of benzene rings is 1. The van der Waals surface area contributed by atoms with E-state index in [1.54, 1.807) is 38.1 Å². The monoisotopic (exact) mass is 389 g/mol. The molecule has 0 bridgehead atoms. The molecule has 2 rings (SSSR count). The topological polar surface area (TPSA) is 102 Å². The SMILES string of the molecule is CCC(=O)OCc1ccc(NC(=O)O[C@@H]2/C=C/CC[C@](C)(C(=O)O)CC2)cc1. The predicted molar refractivity (Wildman–Crippen MR) is 104 cm³/mol. The van der Waals surface area contributed by atoms with E-state index in [9.17, 15) is 19.5 Å². The minimum Gasteiger partial charge on any atom is -0.481 e. The highest BCUT2D eigenvalue weighted by Gasteiger charge is 2.34. The summed E-state index contributed by atoms with van der Waals surface area (Å²) in [5.74, 6) is -1.09. The fraction of sp³-hybridized carbons (Fsp3) is 0.476. The number of nitrogens with one attached hydrogen (secondary N) is 1. The van der Waals surface area contributed by atoms with Gasteiger partial charge in [0.05, 0.1) is 5.41 Å². The highest BCUT2D eigenvalue weighted by Crippen LogP contribution is 2.32. The van der Waals surface area contributed by atoms with E-state index in [-0.39, 0.29) is 12.6 Å². The van der Waals surface area contributed by atoms with E-state index < -0.39 is 23.6 Å². The zero-order chi connectivity index (χ0) is 20.6. The molecule has 0 aromatic heterocycles. The lowest BCUT2D eigenvalue weighted by Gasteiger charge is -2.27. The van der Waals surface area contributed by atoms with Gasteiger partial charge in [0.1, 0.15) is 12.7 Å². The van der Waals surface area contributed by atoms with Crippen molar-refractivity contribution in [1.29, 1.82) is 0 Å². The molecule has 0 aliphatic heterocycles. The molecule has 0 unspecified atom stereocenters. The summed E-state index contributed by atoms with van der Waals surface area (Å²) in [6.45, 7) is 3.64. The van der Waals surface area contributed by atoms with E-state index in [1.165, 1.54) is 0 Å². The number of anilines is 1. The summed E-state index contributed by atoms with van der Waals surface area (Å²) in [6, 6.07) is 6.91. The fourth-order valence-electron chi connectivity index (χ4n) is 2.88. The van der Waals surface area contributed by atoms with Crippen LogP contribution in [0.5, 0.6) is 0 Å². The van der Waals surface area contributed by atoms with Crippen molar-refractivity contribution in [1.82, 2.24) is 0 Å². The molecule has 2 atom stereocenters. The van der Waals surface area contributed by atoms with Gasteiger partial charge in [-0.15, -0.1) is 0 Å². The molecule has 28 heavy (non-hydrogen) atoms. The number of carboxylic acids is 1. The van der Waals surface area contributed by atoms with Crippen LogP contribution in [0.25, 0.3) is 0 Å². The average molecular weight is 389 g/mol. The van der Waals surface area contributed by atoms with Gasteiger partial charge in [0.25, 0.3) is 0 Å². The summed E-state index contributed by atoms with van der Waals surface area (Å²) in [4.78, 5) is 34.8. The molecular formula is C21H27NO6.